The fraction of sp³-hybridized carbons (Fsp3) is 0.130. The molecule has 31 heavy (non-hydrogen) atoms. The summed E-state index contributed by atoms with van der Waals surface area (Å²) in [6, 6.07) is 22.0. The maximum absolute atomic E-state index is 12.6. The number of sulfonamides is 1. The molecule has 0 aliphatic carbocycles. The molecule has 1 heterocycles. The van der Waals surface area contributed by atoms with Gasteiger partial charge in [0.25, 0.3) is 0 Å². The van der Waals surface area contributed by atoms with Gasteiger partial charge in [0.2, 0.25) is 15.9 Å². The van der Waals surface area contributed by atoms with Crippen LogP contribution >= 0.6 is 0 Å². The Morgan fingerprint density at radius 2 is 1.71 bits per heavy atom. The van der Waals surface area contributed by atoms with E-state index in [0.717, 1.165) is 22.0 Å². The van der Waals surface area contributed by atoms with Gasteiger partial charge in [-0.1, -0.05) is 48.5 Å². The number of nitrogens with zero attached hydrogens (tertiary/aromatic N) is 2. The van der Waals surface area contributed by atoms with Crippen LogP contribution in [0.1, 0.15) is 12.0 Å². The van der Waals surface area contributed by atoms with Crippen LogP contribution < -0.4 is 10.0 Å². The largest absolute Gasteiger partial charge is 0.352 e. The van der Waals surface area contributed by atoms with Gasteiger partial charge in [-0.3, -0.25) is 4.79 Å². The first-order chi connectivity index (χ1) is 15.0. The Bertz CT molecular complexity index is 1300. The highest BCUT2D eigenvalue weighted by Crippen LogP contribution is 2.18. The zero-order valence-corrected chi connectivity index (χ0v) is 17.5. The second-order valence-electron chi connectivity index (χ2n) is 7.01. The Morgan fingerprint density at radius 3 is 2.52 bits per heavy atom. The molecule has 0 unspecified atom stereocenters. The molecule has 0 saturated carbocycles. The highest BCUT2D eigenvalue weighted by Gasteiger charge is 2.15. The molecule has 0 aliphatic heterocycles. The number of hydrogen-bond acceptors (Lipinski definition) is 4. The fourth-order valence-electron chi connectivity index (χ4n) is 3.29. The predicted octanol–water partition coefficient (Wildman–Crippen LogP) is 3.01. The predicted molar refractivity (Wildman–Crippen MR) is 119 cm³/mol. The molecule has 0 aliphatic rings. The molecule has 0 radical (unpaired) electrons. The van der Waals surface area contributed by atoms with E-state index in [1.54, 1.807) is 29.1 Å². The second kappa shape index (κ2) is 9.11. The lowest BCUT2D eigenvalue weighted by atomic mass is 10.1. The number of aromatic nitrogens is 2. The monoisotopic (exact) mass is 434 g/mol. The van der Waals surface area contributed by atoms with Crippen LogP contribution in [0.4, 0.5) is 0 Å². The summed E-state index contributed by atoms with van der Waals surface area (Å²) in [4.78, 5) is 12.4. The molecule has 4 rings (SSSR count). The molecule has 0 fully saturated rings. The van der Waals surface area contributed by atoms with Gasteiger partial charge in [0.05, 0.1) is 10.6 Å². The van der Waals surface area contributed by atoms with Crippen molar-refractivity contribution in [2.75, 3.05) is 6.54 Å². The van der Waals surface area contributed by atoms with Gasteiger partial charge < -0.3 is 5.32 Å². The van der Waals surface area contributed by atoms with Crippen LogP contribution in [0.5, 0.6) is 0 Å². The minimum atomic E-state index is -3.69. The summed E-state index contributed by atoms with van der Waals surface area (Å²) < 4.78 is 29.4. The molecule has 1 amide bonds. The molecular formula is C23H22N4O3S. The summed E-state index contributed by atoms with van der Waals surface area (Å²) in [6.07, 6.45) is 3.57. The first-order valence-electron chi connectivity index (χ1n) is 9.86. The maximum atomic E-state index is 12.6. The average molecular weight is 435 g/mol. The van der Waals surface area contributed by atoms with E-state index in [2.05, 4.69) is 15.1 Å². The molecule has 0 bridgehead atoms. The standard InChI is InChI=1S/C23H22N4O3S/c28-23(24-17-20-8-3-4-9-22(20)27-15-5-13-25-27)12-14-26-31(29,30)21-11-10-18-6-1-2-7-19(18)16-21/h1-11,13,15-16,26H,12,14,17H2,(H,24,28). The van der Waals surface area contributed by atoms with Crippen molar-refractivity contribution >= 4 is 26.7 Å². The third kappa shape index (κ3) is 4.99. The molecule has 0 atom stereocenters. The smallest absolute Gasteiger partial charge is 0.240 e. The molecule has 8 heteroatoms. The van der Waals surface area contributed by atoms with E-state index in [9.17, 15) is 13.2 Å². The molecule has 0 saturated heterocycles. The van der Waals surface area contributed by atoms with Crippen LogP contribution in [0.3, 0.4) is 0 Å². The zero-order chi connectivity index (χ0) is 21.7. The number of fused-ring (bicyclic) bond motifs is 1. The summed E-state index contributed by atoms with van der Waals surface area (Å²) in [5.74, 6) is -0.239. The van der Waals surface area contributed by atoms with Crippen LogP contribution in [0.15, 0.2) is 90.1 Å². The zero-order valence-electron chi connectivity index (χ0n) is 16.7. The Labute approximate surface area is 180 Å². The summed E-state index contributed by atoms with van der Waals surface area (Å²) in [6.45, 7) is 0.341. The van der Waals surface area contributed by atoms with E-state index in [4.69, 9.17) is 0 Å². The normalized spacial score (nSPS) is 11.5. The minimum absolute atomic E-state index is 0.0157. The third-order valence-corrected chi connectivity index (χ3v) is 6.35. The van der Waals surface area contributed by atoms with E-state index >= 15 is 0 Å². The summed E-state index contributed by atoms with van der Waals surface area (Å²) in [5, 5.41) is 8.88. The summed E-state index contributed by atoms with van der Waals surface area (Å²) in [5.41, 5.74) is 1.79. The van der Waals surface area contributed by atoms with Gasteiger partial charge in [-0.25, -0.2) is 17.8 Å². The van der Waals surface area contributed by atoms with Crippen LogP contribution in [-0.2, 0) is 21.4 Å². The Kier molecular flexibility index (Phi) is 6.11. The number of benzene rings is 3. The van der Waals surface area contributed by atoms with Crippen LogP contribution in [-0.4, -0.2) is 30.7 Å². The van der Waals surface area contributed by atoms with Gasteiger partial charge in [-0.15, -0.1) is 0 Å². The lowest BCUT2D eigenvalue weighted by molar-refractivity contribution is -0.121. The van der Waals surface area contributed by atoms with Crippen LogP contribution in [0.25, 0.3) is 16.5 Å². The number of hydrogen-bond donors (Lipinski definition) is 2. The van der Waals surface area contributed by atoms with E-state index in [1.165, 1.54) is 0 Å². The topological polar surface area (TPSA) is 93.1 Å². The van der Waals surface area contributed by atoms with E-state index in [0.29, 0.717) is 6.54 Å². The molecule has 7 nitrogen and oxygen atoms in total. The van der Waals surface area contributed by atoms with Crippen molar-refractivity contribution in [3.63, 3.8) is 0 Å². The van der Waals surface area contributed by atoms with Gasteiger partial charge in [0.1, 0.15) is 0 Å². The Hall–Kier alpha value is -3.49. The van der Waals surface area contributed by atoms with Crippen molar-refractivity contribution in [1.29, 1.82) is 0 Å². The molecule has 0 spiro atoms. The quantitative estimate of drug-likeness (QED) is 0.446. The third-order valence-electron chi connectivity index (χ3n) is 4.89. The SMILES string of the molecule is O=C(CCNS(=O)(=O)c1ccc2ccccc2c1)NCc1ccccc1-n1cccn1. The second-order valence-corrected chi connectivity index (χ2v) is 8.78. The number of rotatable bonds is 8. The van der Waals surface area contributed by atoms with Crippen molar-refractivity contribution in [1.82, 2.24) is 19.8 Å². The Morgan fingerprint density at radius 1 is 0.935 bits per heavy atom. The first kappa shape index (κ1) is 20.8. The molecule has 3 aromatic carbocycles. The van der Waals surface area contributed by atoms with E-state index in [1.807, 2.05) is 60.8 Å². The molecule has 158 valence electrons. The number of carbonyl (C=O) groups excluding carboxylic acids is 1. The van der Waals surface area contributed by atoms with Crippen molar-refractivity contribution in [2.45, 2.75) is 17.9 Å². The van der Waals surface area contributed by atoms with Crippen LogP contribution in [0, 0.1) is 0 Å². The van der Waals surface area contributed by atoms with Gasteiger partial charge in [0.15, 0.2) is 0 Å². The van der Waals surface area contributed by atoms with Gasteiger partial charge in [-0.2, -0.15) is 5.10 Å². The molecule has 1 aromatic heterocycles. The van der Waals surface area contributed by atoms with Crippen molar-refractivity contribution in [3.8, 4) is 5.69 Å². The first-order valence-corrected chi connectivity index (χ1v) is 11.3. The highest BCUT2D eigenvalue weighted by atomic mass is 32.2. The summed E-state index contributed by atoms with van der Waals surface area (Å²) in [7, 11) is -3.69. The van der Waals surface area contributed by atoms with Gasteiger partial charge in [0, 0.05) is 31.9 Å². The van der Waals surface area contributed by atoms with E-state index in [-0.39, 0.29) is 23.8 Å². The van der Waals surface area contributed by atoms with Crippen molar-refractivity contribution in [3.05, 3.63) is 90.8 Å². The molecule has 4 aromatic rings. The van der Waals surface area contributed by atoms with Crippen molar-refractivity contribution in [2.24, 2.45) is 0 Å². The van der Waals surface area contributed by atoms with Crippen molar-refractivity contribution < 1.29 is 13.2 Å². The maximum Gasteiger partial charge on any atom is 0.240 e. The van der Waals surface area contributed by atoms with Gasteiger partial charge in [-0.05, 0) is 40.6 Å². The number of carbonyl (C=O) groups is 1. The minimum Gasteiger partial charge on any atom is -0.352 e. The lowest BCUT2D eigenvalue weighted by Crippen LogP contribution is -2.30. The number of amides is 1. The Balaban J connectivity index is 1.32. The van der Waals surface area contributed by atoms with Crippen LogP contribution in [0.2, 0.25) is 0 Å². The average Bonchev–Trinajstić information content (AvgIpc) is 3.32. The fourth-order valence-corrected chi connectivity index (χ4v) is 4.36. The number of para-hydroxylation sites is 1. The number of nitrogens with one attached hydrogen (secondary N) is 2. The lowest BCUT2D eigenvalue weighted by Gasteiger charge is -2.11. The molecular weight excluding hydrogens is 412 g/mol. The summed E-state index contributed by atoms with van der Waals surface area (Å²) >= 11 is 0. The highest BCUT2D eigenvalue weighted by molar-refractivity contribution is 7.89. The van der Waals surface area contributed by atoms with Gasteiger partial charge >= 0.3 is 0 Å². The molecule has 2 N–H and O–H groups in total. The van der Waals surface area contributed by atoms with E-state index < -0.39 is 10.0 Å².